The van der Waals surface area contributed by atoms with E-state index in [-0.39, 0.29) is 0 Å². The standard InChI is InChI=1S/C14H25NO10/c1-4-8(18)10(20)11(21)14(23-4)25-12-7(15-5(2)17)13(22)24-6(3-16)9(12)19/h4,6-14,16,18-22H,3H2,1-2H3,(H,15,17)/t4-,6+,7+,8-,9-,10+,11+,12+,13?,14+/m0/s1. The number of hydrogen-bond acceptors (Lipinski definition) is 10. The molecule has 7 N–H and O–H groups in total. The van der Waals surface area contributed by atoms with Crippen LogP contribution < -0.4 is 5.32 Å². The third-order valence-electron chi connectivity index (χ3n) is 4.34. The Balaban J connectivity index is 2.20. The number of aliphatic hydroxyl groups excluding tert-OH is 6. The molecule has 2 heterocycles. The van der Waals surface area contributed by atoms with Crippen LogP contribution in [0.4, 0.5) is 0 Å². The van der Waals surface area contributed by atoms with Crippen molar-refractivity contribution in [3.05, 3.63) is 0 Å². The van der Waals surface area contributed by atoms with E-state index in [0.717, 1.165) is 0 Å². The van der Waals surface area contributed by atoms with Gasteiger partial charge >= 0.3 is 0 Å². The van der Waals surface area contributed by atoms with Crippen LogP contribution in [-0.4, -0.2) is 105 Å². The van der Waals surface area contributed by atoms with Crippen LogP contribution >= 0.6 is 0 Å². The highest BCUT2D eigenvalue weighted by molar-refractivity contribution is 5.73. The van der Waals surface area contributed by atoms with E-state index in [9.17, 15) is 35.4 Å². The van der Waals surface area contributed by atoms with E-state index in [2.05, 4.69) is 5.32 Å². The van der Waals surface area contributed by atoms with Crippen molar-refractivity contribution in [2.24, 2.45) is 0 Å². The average molecular weight is 367 g/mol. The second kappa shape index (κ2) is 8.20. The molecule has 2 rings (SSSR count). The monoisotopic (exact) mass is 367 g/mol. The van der Waals surface area contributed by atoms with Crippen molar-refractivity contribution in [1.82, 2.24) is 5.32 Å². The first-order valence-corrected chi connectivity index (χ1v) is 7.92. The lowest BCUT2D eigenvalue weighted by Crippen LogP contribution is -2.67. The number of nitrogens with one attached hydrogen (secondary N) is 1. The van der Waals surface area contributed by atoms with Gasteiger partial charge in [0.15, 0.2) is 12.6 Å². The van der Waals surface area contributed by atoms with Gasteiger partial charge in [0.1, 0.15) is 42.7 Å². The summed E-state index contributed by atoms with van der Waals surface area (Å²) in [7, 11) is 0. The first kappa shape index (κ1) is 20.4. The van der Waals surface area contributed by atoms with Crippen LogP contribution in [0.25, 0.3) is 0 Å². The van der Waals surface area contributed by atoms with Crippen LogP contribution in [0.3, 0.4) is 0 Å². The number of amides is 1. The van der Waals surface area contributed by atoms with E-state index in [0.29, 0.717) is 0 Å². The van der Waals surface area contributed by atoms with Crippen molar-refractivity contribution in [3.8, 4) is 0 Å². The number of carbonyl (C=O) groups excluding carboxylic acids is 1. The molecule has 0 aromatic heterocycles. The zero-order chi connectivity index (χ0) is 18.9. The molecule has 0 radical (unpaired) electrons. The van der Waals surface area contributed by atoms with E-state index in [4.69, 9.17) is 14.2 Å². The molecule has 10 atom stereocenters. The molecule has 0 aromatic rings. The molecule has 0 saturated carbocycles. The lowest BCUT2D eigenvalue weighted by Gasteiger charge is -2.46. The highest BCUT2D eigenvalue weighted by atomic mass is 16.7. The Morgan fingerprint density at radius 1 is 1.04 bits per heavy atom. The lowest BCUT2D eigenvalue weighted by molar-refractivity contribution is -0.337. The maximum Gasteiger partial charge on any atom is 0.217 e. The summed E-state index contributed by atoms with van der Waals surface area (Å²) < 4.78 is 15.8. The summed E-state index contributed by atoms with van der Waals surface area (Å²) in [5.74, 6) is -0.537. The fourth-order valence-corrected chi connectivity index (χ4v) is 2.92. The normalized spacial score (nSPS) is 48.2. The highest BCUT2D eigenvalue weighted by Gasteiger charge is 2.50. The molecule has 0 aromatic carbocycles. The molecule has 1 amide bonds. The van der Waals surface area contributed by atoms with Crippen LogP contribution in [0.15, 0.2) is 0 Å². The first-order chi connectivity index (χ1) is 11.7. The smallest absolute Gasteiger partial charge is 0.217 e. The zero-order valence-electron chi connectivity index (χ0n) is 13.8. The van der Waals surface area contributed by atoms with E-state index in [1.54, 1.807) is 0 Å². The number of rotatable bonds is 4. The van der Waals surface area contributed by atoms with E-state index in [1.807, 2.05) is 0 Å². The Morgan fingerprint density at radius 3 is 2.24 bits per heavy atom. The molecule has 2 aliphatic rings. The van der Waals surface area contributed by atoms with Crippen molar-refractivity contribution >= 4 is 5.91 Å². The molecule has 146 valence electrons. The van der Waals surface area contributed by atoms with Gasteiger partial charge in [-0.1, -0.05) is 0 Å². The van der Waals surface area contributed by atoms with Gasteiger partial charge in [0.2, 0.25) is 5.91 Å². The van der Waals surface area contributed by atoms with Crippen LogP contribution in [0.1, 0.15) is 13.8 Å². The third-order valence-corrected chi connectivity index (χ3v) is 4.34. The number of ether oxygens (including phenoxy) is 3. The fraction of sp³-hybridized carbons (Fsp3) is 0.929. The van der Waals surface area contributed by atoms with Gasteiger partial charge in [0, 0.05) is 6.92 Å². The Morgan fingerprint density at radius 2 is 1.68 bits per heavy atom. The minimum atomic E-state index is -1.64. The van der Waals surface area contributed by atoms with Crippen LogP contribution in [0, 0.1) is 0 Å². The molecule has 25 heavy (non-hydrogen) atoms. The molecular weight excluding hydrogens is 342 g/mol. The van der Waals surface area contributed by atoms with Gasteiger partial charge in [0.25, 0.3) is 0 Å². The predicted octanol–water partition coefficient (Wildman–Crippen LogP) is -4.23. The van der Waals surface area contributed by atoms with Crippen LogP contribution in [0.5, 0.6) is 0 Å². The molecule has 11 nitrogen and oxygen atoms in total. The fourth-order valence-electron chi connectivity index (χ4n) is 2.92. The van der Waals surface area contributed by atoms with Crippen molar-refractivity contribution in [1.29, 1.82) is 0 Å². The van der Waals surface area contributed by atoms with Gasteiger partial charge in [-0.3, -0.25) is 4.79 Å². The van der Waals surface area contributed by atoms with Crippen molar-refractivity contribution in [2.45, 2.75) is 75.2 Å². The SMILES string of the molecule is CC(=O)N[C@H]1C(O)O[C@H](CO)[C@H](O)[C@@H]1O[C@H]1O[C@@H](C)[C@H](O)[C@@H](O)[C@H]1O. The Bertz CT molecular complexity index is 465. The topological polar surface area (TPSA) is 178 Å². The largest absolute Gasteiger partial charge is 0.394 e. The van der Waals surface area contributed by atoms with Gasteiger partial charge in [-0.25, -0.2) is 0 Å². The average Bonchev–Trinajstić information content (AvgIpc) is 2.56. The zero-order valence-corrected chi connectivity index (χ0v) is 13.8. The van der Waals surface area contributed by atoms with Gasteiger partial charge in [-0.2, -0.15) is 0 Å². The van der Waals surface area contributed by atoms with E-state index in [1.165, 1.54) is 13.8 Å². The molecule has 2 saturated heterocycles. The maximum atomic E-state index is 11.3. The summed E-state index contributed by atoms with van der Waals surface area (Å²) >= 11 is 0. The summed E-state index contributed by atoms with van der Waals surface area (Å²) in [6.45, 7) is 2.01. The second-order valence-corrected chi connectivity index (χ2v) is 6.25. The number of aliphatic hydroxyl groups is 6. The molecule has 11 heteroatoms. The number of carbonyl (C=O) groups is 1. The molecule has 0 aliphatic carbocycles. The Kier molecular flexibility index (Phi) is 6.70. The minimum absolute atomic E-state index is 0.537. The van der Waals surface area contributed by atoms with Crippen molar-refractivity contribution in [3.63, 3.8) is 0 Å². The summed E-state index contributed by atoms with van der Waals surface area (Å²) in [4.78, 5) is 11.3. The maximum absolute atomic E-state index is 11.3. The molecule has 0 spiro atoms. The molecular formula is C14H25NO10. The van der Waals surface area contributed by atoms with E-state index >= 15 is 0 Å². The van der Waals surface area contributed by atoms with Crippen LogP contribution in [0.2, 0.25) is 0 Å². The van der Waals surface area contributed by atoms with Crippen LogP contribution in [-0.2, 0) is 19.0 Å². The van der Waals surface area contributed by atoms with Gasteiger partial charge in [-0.05, 0) is 6.92 Å². The van der Waals surface area contributed by atoms with Crippen molar-refractivity contribution in [2.75, 3.05) is 6.61 Å². The quantitative estimate of drug-likeness (QED) is 0.257. The third kappa shape index (κ3) is 4.27. The number of hydrogen-bond donors (Lipinski definition) is 7. The van der Waals surface area contributed by atoms with Crippen molar-refractivity contribution < 1.29 is 49.6 Å². The summed E-state index contributed by atoms with van der Waals surface area (Å²) in [6.07, 6.45) is -12.4. The van der Waals surface area contributed by atoms with Gasteiger partial charge < -0.3 is 50.2 Å². The Labute approximate surface area is 143 Å². The summed E-state index contributed by atoms with van der Waals surface area (Å²) in [5, 5.41) is 61.5. The first-order valence-electron chi connectivity index (χ1n) is 7.92. The molecule has 1 unspecified atom stereocenters. The highest BCUT2D eigenvalue weighted by Crippen LogP contribution is 2.28. The minimum Gasteiger partial charge on any atom is -0.394 e. The van der Waals surface area contributed by atoms with Gasteiger partial charge in [-0.15, -0.1) is 0 Å². The predicted molar refractivity (Wildman–Crippen MR) is 78.8 cm³/mol. The summed E-state index contributed by atoms with van der Waals surface area (Å²) in [6, 6.07) is -1.22. The van der Waals surface area contributed by atoms with Gasteiger partial charge in [0.05, 0.1) is 12.7 Å². The molecule has 2 aliphatic heterocycles. The van der Waals surface area contributed by atoms with E-state index < -0.39 is 73.9 Å². The second-order valence-electron chi connectivity index (χ2n) is 6.25. The molecule has 0 bridgehead atoms. The molecule has 2 fully saturated rings. The Hall–Kier alpha value is -0.890. The summed E-state index contributed by atoms with van der Waals surface area (Å²) in [5.41, 5.74) is 0. The lowest BCUT2D eigenvalue weighted by atomic mass is 9.95.